The molecule has 0 aliphatic carbocycles. The number of rotatable bonds is 3. The molecule has 3 aromatic heterocycles. The van der Waals surface area contributed by atoms with Crippen molar-refractivity contribution in [3.63, 3.8) is 0 Å². The molecular formula is C15H14N4O2. The van der Waals surface area contributed by atoms with Crippen molar-refractivity contribution in [2.45, 2.75) is 20.3 Å². The van der Waals surface area contributed by atoms with Crippen LogP contribution in [0.2, 0.25) is 0 Å². The fourth-order valence-electron chi connectivity index (χ4n) is 2.39. The first kappa shape index (κ1) is 13.2. The van der Waals surface area contributed by atoms with Crippen LogP contribution in [0.15, 0.2) is 30.6 Å². The summed E-state index contributed by atoms with van der Waals surface area (Å²) in [6.07, 6.45) is 3.39. The summed E-state index contributed by atoms with van der Waals surface area (Å²) in [5, 5.41) is 13.5. The Balaban J connectivity index is 2.18. The van der Waals surface area contributed by atoms with E-state index >= 15 is 0 Å². The Morgan fingerprint density at radius 3 is 2.86 bits per heavy atom. The van der Waals surface area contributed by atoms with Crippen LogP contribution in [0.5, 0.6) is 0 Å². The molecule has 0 radical (unpaired) electrons. The van der Waals surface area contributed by atoms with Crippen molar-refractivity contribution >= 4 is 11.6 Å². The number of hydrogen-bond donors (Lipinski definition) is 1. The molecule has 0 aliphatic rings. The van der Waals surface area contributed by atoms with Crippen molar-refractivity contribution in [2.75, 3.05) is 0 Å². The molecule has 3 aromatic rings. The molecule has 0 atom stereocenters. The molecule has 0 unspecified atom stereocenters. The lowest BCUT2D eigenvalue weighted by Gasteiger charge is -2.08. The molecule has 6 nitrogen and oxygen atoms in total. The van der Waals surface area contributed by atoms with Crippen LogP contribution in [0.1, 0.15) is 17.0 Å². The summed E-state index contributed by atoms with van der Waals surface area (Å²) in [6.45, 7) is 3.68. The number of pyridine rings is 1. The van der Waals surface area contributed by atoms with Gasteiger partial charge in [0.2, 0.25) is 0 Å². The summed E-state index contributed by atoms with van der Waals surface area (Å²) in [4.78, 5) is 19.5. The highest BCUT2D eigenvalue weighted by molar-refractivity contribution is 5.71. The van der Waals surface area contributed by atoms with Crippen molar-refractivity contribution in [1.29, 1.82) is 0 Å². The first-order valence-electron chi connectivity index (χ1n) is 6.54. The molecule has 106 valence electrons. The van der Waals surface area contributed by atoms with E-state index in [2.05, 4.69) is 15.1 Å². The third kappa shape index (κ3) is 2.35. The van der Waals surface area contributed by atoms with Crippen LogP contribution >= 0.6 is 0 Å². The van der Waals surface area contributed by atoms with E-state index in [0.717, 1.165) is 22.6 Å². The topological polar surface area (TPSA) is 80.4 Å². The molecule has 21 heavy (non-hydrogen) atoms. The minimum absolute atomic E-state index is 0.0529. The predicted molar refractivity (Wildman–Crippen MR) is 77.0 cm³/mol. The van der Waals surface area contributed by atoms with E-state index in [0.29, 0.717) is 11.2 Å². The highest BCUT2D eigenvalue weighted by Crippen LogP contribution is 2.21. The van der Waals surface area contributed by atoms with Gasteiger partial charge in [-0.1, -0.05) is 0 Å². The monoisotopic (exact) mass is 282 g/mol. The van der Waals surface area contributed by atoms with Crippen molar-refractivity contribution in [3.05, 3.63) is 47.5 Å². The van der Waals surface area contributed by atoms with Crippen LogP contribution in [0.3, 0.4) is 0 Å². The van der Waals surface area contributed by atoms with E-state index in [-0.39, 0.29) is 6.42 Å². The standard InChI is InChI=1S/C15H14N4O2/c1-9-12(6-15(20)21)10(2)19-14(17-9)7-13(18-19)11-4-3-5-16-8-11/h3-5,7-8H,6H2,1-2H3,(H,20,21). The summed E-state index contributed by atoms with van der Waals surface area (Å²) in [5.41, 5.74) is 4.61. The molecular weight excluding hydrogens is 268 g/mol. The fraction of sp³-hybridized carbons (Fsp3) is 0.200. The Labute approximate surface area is 121 Å². The maximum absolute atomic E-state index is 11.0. The van der Waals surface area contributed by atoms with Crippen LogP contribution in [-0.2, 0) is 11.2 Å². The van der Waals surface area contributed by atoms with Gasteiger partial charge in [-0.2, -0.15) is 5.10 Å². The zero-order valence-corrected chi connectivity index (χ0v) is 11.7. The maximum Gasteiger partial charge on any atom is 0.307 e. The number of carboxylic acid groups (broad SMARTS) is 1. The first-order valence-corrected chi connectivity index (χ1v) is 6.54. The lowest BCUT2D eigenvalue weighted by Crippen LogP contribution is -2.10. The van der Waals surface area contributed by atoms with E-state index < -0.39 is 5.97 Å². The minimum atomic E-state index is -0.873. The van der Waals surface area contributed by atoms with E-state index in [1.54, 1.807) is 16.9 Å². The number of aryl methyl sites for hydroxylation is 2. The second-order valence-electron chi connectivity index (χ2n) is 4.87. The Morgan fingerprint density at radius 2 is 2.19 bits per heavy atom. The third-order valence-corrected chi connectivity index (χ3v) is 3.45. The van der Waals surface area contributed by atoms with Gasteiger partial charge in [0.05, 0.1) is 12.1 Å². The summed E-state index contributed by atoms with van der Waals surface area (Å²) >= 11 is 0. The fourth-order valence-corrected chi connectivity index (χ4v) is 2.39. The minimum Gasteiger partial charge on any atom is -0.481 e. The van der Waals surface area contributed by atoms with Gasteiger partial charge in [0.15, 0.2) is 5.65 Å². The van der Waals surface area contributed by atoms with Gasteiger partial charge >= 0.3 is 5.97 Å². The highest BCUT2D eigenvalue weighted by atomic mass is 16.4. The summed E-state index contributed by atoms with van der Waals surface area (Å²) < 4.78 is 1.69. The van der Waals surface area contributed by atoms with Gasteiger partial charge in [0.25, 0.3) is 0 Å². The van der Waals surface area contributed by atoms with Gasteiger partial charge in [-0.3, -0.25) is 9.78 Å². The van der Waals surface area contributed by atoms with E-state index in [4.69, 9.17) is 5.11 Å². The average Bonchev–Trinajstić information content (AvgIpc) is 2.88. The van der Waals surface area contributed by atoms with Crippen LogP contribution < -0.4 is 0 Å². The van der Waals surface area contributed by atoms with Crippen molar-refractivity contribution in [3.8, 4) is 11.3 Å². The van der Waals surface area contributed by atoms with Crippen LogP contribution in [0.25, 0.3) is 16.9 Å². The lowest BCUT2D eigenvalue weighted by atomic mass is 10.1. The second kappa shape index (κ2) is 4.97. The highest BCUT2D eigenvalue weighted by Gasteiger charge is 2.15. The molecule has 1 N–H and O–H groups in total. The molecule has 0 aliphatic heterocycles. The van der Waals surface area contributed by atoms with Gasteiger partial charge < -0.3 is 5.11 Å². The van der Waals surface area contributed by atoms with Gasteiger partial charge in [0, 0.05) is 41.0 Å². The molecule has 0 fully saturated rings. The number of nitrogens with zero attached hydrogens (tertiary/aromatic N) is 4. The summed E-state index contributed by atoms with van der Waals surface area (Å²) in [6, 6.07) is 5.65. The van der Waals surface area contributed by atoms with Crippen molar-refractivity contribution in [2.24, 2.45) is 0 Å². The molecule has 0 bridgehead atoms. The first-order chi connectivity index (χ1) is 10.1. The molecule has 0 aromatic carbocycles. The molecule has 3 heterocycles. The molecule has 0 saturated carbocycles. The number of carbonyl (C=O) groups is 1. The lowest BCUT2D eigenvalue weighted by molar-refractivity contribution is -0.136. The Morgan fingerprint density at radius 1 is 1.38 bits per heavy atom. The average molecular weight is 282 g/mol. The molecule has 0 saturated heterocycles. The smallest absolute Gasteiger partial charge is 0.307 e. The molecule has 3 rings (SSSR count). The number of aliphatic carboxylic acids is 1. The Kier molecular flexibility index (Phi) is 3.13. The SMILES string of the molecule is Cc1nc2cc(-c3cccnc3)nn2c(C)c1CC(=O)O. The van der Waals surface area contributed by atoms with E-state index in [9.17, 15) is 4.79 Å². The summed E-state index contributed by atoms with van der Waals surface area (Å²) in [7, 11) is 0. The largest absolute Gasteiger partial charge is 0.481 e. The van der Waals surface area contributed by atoms with Gasteiger partial charge in [-0.25, -0.2) is 9.50 Å². The Hall–Kier alpha value is -2.76. The van der Waals surface area contributed by atoms with Gasteiger partial charge in [-0.15, -0.1) is 0 Å². The molecule has 0 spiro atoms. The zero-order valence-electron chi connectivity index (χ0n) is 11.7. The molecule has 0 amide bonds. The van der Waals surface area contributed by atoms with Crippen LogP contribution in [-0.4, -0.2) is 30.7 Å². The Bertz CT molecular complexity index is 825. The maximum atomic E-state index is 11.0. The second-order valence-corrected chi connectivity index (χ2v) is 4.87. The quantitative estimate of drug-likeness (QED) is 0.795. The van der Waals surface area contributed by atoms with E-state index in [1.807, 2.05) is 32.0 Å². The number of aromatic nitrogens is 4. The number of hydrogen-bond acceptors (Lipinski definition) is 4. The van der Waals surface area contributed by atoms with Crippen LogP contribution in [0.4, 0.5) is 0 Å². The third-order valence-electron chi connectivity index (χ3n) is 3.45. The van der Waals surface area contributed by atoms with Crippen LogP contribution in [0, 0.1) is 13.8 Å². The van der Waals surface area contributed by atoms with Gasteiger partial charge in [-0.05, 0) is 26.0 Å². The van der Waals surface area contributed by atoms with E-state index in [1.165, 1.54) is 0 Å². The number of carboxylic acids is 1. The predicted octanol–water partition coefficient (Wildman–Crippen LogP) is 2.04. The number of fused-ring (bicyclic) bond motifs is 1. The van der Waals surface area contributed by atoms with Crippen molar-refractivity contribution in [1.82, 2.24) is 19.6 Å². The normalized spacial score (nSPS) is 11.0. The van der Waals surface area contributed by atoms with Crippen molar-refractivity contribution < 1.29 is 9.90 Å². The molecule has 6 heteroatoms. The van der Waals surface area contributed by atoms with Gasteiger partial charge in [0.1, 0.15) is 0 Å². The summed E-state index contributed by atoms with van der Waals surface area (Å²) in [5.74, 6) is -0.873. The zero-order chi connectivity index (χ0) is 15.0.